The Kier molecular flexibility index (Phi) is 3.42. The second kappa shape index (κ2) is 4.62. The van der Waals surface area contributed by atoms with Gasteiger partial charge in [0, 0.05) is 16.7 Å². The minimum atomic E-state index is 0.526. The summed E-state index contributed by atoms with van der Waals surface area (Å²) in [5.74, 6) is 0. The van der Waals surface area contributed by atoms with E-state index < -0.39 is 0 Å². The number of pyridine rings is 1. The van der Waals surface area contributed by atoms with Gasteiger partial charge in [-0.2, -0.15) is 0 Å². The van der Waals surface area contributed by atoms with Gasteiger partial charge in [-0.1, -0.05) is 0 Å². The molecule has 0 aromatic carbocycles. The van der Waals surface area contributed by atoms with Crippen LogP contribution in [0.25, 0.3) is 0 Å². The van der Waals surface area contributed by atoms with Crippen LogP contribution in [0.5, 0.6) is 0 Å². The molecule has 1 aromatic rings. The summed E-state index contributed by atoms with van der Waals surface area (Å²) < 4.78 is 1.06. The van der Waals surface area contributed by atoms with Gasteiger partial charge in [-0.15, -0.1) is 0 Å². The van der Waals surface area contributed by atoms with Crippen LogP contribution in [0.4, 0.5) is 0 Å². The van der Waals surface area contributed by atoms with Crippen LogP contribution in [0.3, 0.4) is 0 Å². The summed E-state index contributed by atoms with van der Waals surface area (Å²) in [5, 5.41) is 0. The monoisotopic (exact) mass is 268 g/mol. The Labute approximate surface area is 99.8 Å². The van der Waals surface area contributed by atoms with Gasteiger partial charge >= 0.3 is 0 Å². The molecule has 82 valence electrons. The standard InChI is InChI=1S/C12H17BrN2/c1-9(2)15-7-3-4-12(15)11-6-5-10(13)8-14-11/h5-6,8-9,12H,3-4,7H2,1-2H3. The molecular formula is C12H17BrN2. The van der Waals surface area contributed by atoms with Gasteiger partial charge in [-0.05, 0) is 61.3 Å². The fourth-order valence-corrected chi connectivity index (χ4v) is 2.54. The molecule has 1 aliphatic heterocycles. The van der Waals surface area contributed by atoms with Crippen molar-refractivity contribution in [1.82, 2.24) is 9.88 Å². The van der Waals surface area contributed by atoms with Crippen molar-refractivity contribution in [2.24, 2.45) is 0 Å². The highest BCUT2D eigenvalue weighted by atomic mass is 79.9. The van der Waals surface area contributed by atoms with Crippen molar-refractivity contribution in [2.75, 3.05) is 6.54 Å². The third-order valence-electron chi connectivity index (χ3n) is 3.05. The van der Waals surface area contributed by atoms with Gasteiger partial charge in [0.05, 0.1) is 11.7 Å². The summed E-state index contributed by atoms with van der Waals surface area (Å²) in [7, 11) is 0. The van der Waals surface area contributed by atoms with Crippen molar-refractivity contribution in [3.05, 3.63) is 28.5 Å². The first kappa shape index (κ1) is 11.1. The normalized spacial score (nSPS) is 22.5. The van der Waals surface area contributed by atoms with Crippen LogP contribution in [0.1, 0.15) is 38.4 Å². The fraction of sp³-hybridized carbons (Fsp3) is 0.583. The maximum Gasteiger partial charge on any atom is 0.0576 e. The molecule has 0 aliphatic carbocycles. The van der Waals surface area contributed by atoms with Crippen molar-refractivity contribution >= 4 is 15.9 Å². The molecule has 1 atom stereocenters. The Morgan fingerprint density at radius 1 is 1.47 bits per heavy atom. The summed E-state index contributed by atoms with van der Waals surface area (Å²) in [6.45, 7) is 5.73. The predicted octanol–water partition coefficient (Wildman–Crippen LogP) is 3.39. The third kappa shape index (κ3) is 2.40. The summed E-state index contributed by atoms with van der Waals surface area (Å²) in [6, 6.07) is 5.36. The topological polar surface area (TPSA) is 16.1 Å². The lowest BCUT2D eigenvalue weighted by molar-refractivity contribution is 0.202. The zero-order valence-corrected chi connectivity index (χ0v) is 10.9. The second-order valence-electron chi connectivity index (χ2n) is 4.39. The molecule has 2 rings (SSSR count). The maximum atomic E-state index is 4.50. The molecule has 2 nitrogen and oxygen atoms in total. The number of aromatic nitrogens is 1. The molecular weight excluding hydrogens is 252 g/mol. The molecule has 1 fully saturated rings. The average Bonchev–Trinajstić information content (AvgIpc) is 2.67. The number of likely N-dealkylation sites (tertiary alicyclic amines) is 1. The van der Waals surface area contributed by atoms with E-state index >= 15 is 0 Å². The highest BCUT2D eigenvalue weighted by Gasteiger charge is 2.28. The van der Waals surface area contributed by atoms with Gasteiger partial charge in [-0.3, -0.25) is 9.88 Å². The third-order valence-corrected chi connectivity index (χ3v) is 3.52. The van der Waals surface area contributed by atoms with Crippen LogP contribution in [-0.2, 0) is 0 Å². The molecule has 3 heteroatoms. The second-order valence-corrected chi connectivity index (χ2v) is 5.31. The zero-order chi connectivity index (χ0) is 10.8. The zero-order valence-electron chi connectivity index (χ0n) is 9.28. The molecule has 2 heterocycles. The van der Waals surface area contributed by atoms with E-state index in [-0.39, 0.29) is 0 Å². The first-order valence-corrected chi connectivity index (χ1v) is 6.35. The van der Waals surface area contributed by atoms with Gasteiger partial charge in [0.15, 0.2) is 0 Å². The lowest BCUT2D eigenvalue weighted by atomic mass is 10.1. The summed E-state index contributed by atoms with van der Waals surface area (Å²) in [4.78, 5) is 7.04. The molecule has 0 radical (unpaired) electrons. The molecule has 0 amide bonds. The summed E-state index contributed by atoms with van der Waals surface area (Å²) in [5.41, 5.74) is 1.21. The Balaban J connectivity index is 2.19. The molecule has 0 bridgehead atoms. The van der Waals surface area contributed by atoms with Crippen LogP contribution in [0, 0.1) is 0 Å². The number of halogens is 1. The molecule has 15 heavy (non-hydrogen) atoms. The average molecular weight is 269 g/mol. The van der Waals surface area contributed by atoms with E-state index in [0.29, 0.717) is 12.1 Å². The Bertz CT molecular complexity index is 321. The van der Waals surface area contributed by atoms with Crippen molar-refractivity contribution in [1.29, 1.82) is 0 Å². The largest absolute Gasteiger partial charge is 0.292 e. The maximum absolute atomic E-state index is 4.50. The molecule has 1 saturated heterocycles. The Morgan fingerprint density at radius 2 is 2.27 bits per heavy atom. The summed E-state index contributed by atoms with van der Waals surface area (Å²) in [6.07, 6.45) is 4.43. The molecule has 1 unspecified atom stereocenters. The molecule has 0 spiro atoms. The molecule has 0 saturated carbocycles. The van der Waals surface area contributed by atoms with E-state index in [4.69, 9.17) is 0 Å². The lowest BCUT2D eigenvalue weighted by Gasteiger charge is -2.27. The van der Waals surface area contributed by atoms with Crippen LogP contribution in [0.2, 0.25) is 0 Å². The first-order valence-electron chi connectivity index (χ1n) is 5.55. The van der Waals surface area contributed by atoms with E-state index in [1.165, 1.54) is 25.1 Å². The smallest absolute Gasteiger partial charge is 0.0576 e. The minimum Gasteiger partial charge on any atom is -0.292 e. The number of hydrogen-bond donors (Lipinski definition) is 0. The lowest BCUT2D eigenvalue weighted by Crippen LogP contribution is -2.30. The van der Waals surface area contributed by atoms with Crippen molar-refractivity contribution in [3.8, 4) is 0 Å². The van der Waals surface area contributed by atoms with Gasteiger partial charge in [0.25, 0.3) is 0 Å². The van der Waals surface area contributed by atoms with Crippen LogP contribution >= 0.6 is 15.9 Å². The van der Waals surface area contributed by atoms with Crippen LogP contribution in [-0.4, -0.2) is 22.5 Å². The Morgan fingerprint density at radius 3 is 2.87 bits per heavy atom. The fourth-order valence-electron chi connectivity index (χ4n) is 2.31. The minimum absolute atomic E-state index is 0.526. The van der Waals surface area contributed by atoms with E-state index in [9.17, 15) is 0 Å². The highest BCUT2D eigenvalue weighted by Crippen LogP contribution is 2.32. The quantitative estimate of drug-likeness (QED) is 0.818. The van der Waals surface area contributed by atoms with E-state index in [2.05, 4.69) is 51.8 Å². The van der Waals surface area contributed by atoms with Gasteiger partial charge in [0.2, 0.25) is 0 Å². The van der Waals surface area contributed by atoms with Crippen LogP contribution < -0.4 is 0 Å². The van der Waals surface area contributed by atoms with Crippen molar-refractivity contribution in [3.63, 3.8) is 0 Å². The van der Waals surface area contributed by atoms with Crippen molar-refractivity contribution < 1.29 is 0 Å². The molecule has 1 aromatic heterocycles. The molecule has 1 aliphatic rings. The summed E-state index contributed by atoms with van der Waals surface area (Å²) >= 11 is 3.42. The molecule has 0 N–H and O–H groups in total. The number of rotatable bonds is 2. The number of hydrogen-bond acceptors (Lipinski definition) is 2. The van der Waals surface area contributed by atoms with Gasteiger partial charge in [-0.25, -0.2) is 0 Å². The van der Waals surface area contributed by atoms with Crippen LogP contribution in [0.15, 0.2) is 22.8 Å². The predicted molar refractivity (Wildman–Crippen MR) is 65.8 cm³/mol. The highest BCUT2D eigenvalue weighted by molar-refractivity contribution is 9.10. The van der Waals surface area contributed by atoms with Gasteiger partial charge < -0.3 is 0 Å². The number of nitrogens with zero attached hydrogens (tertiary/aromatic N) is 2. The van der Waals surface area contributed by atoms with E-state index in [0.717, 1.165) is 4.47 Å². The first-order chi connectivity index (χ1) is 7.18. The SMILES string of the molecule is CC(C)N1CCCC1c1ccc(Br)cn1. The Hall–Kier alpha value is -0.410. The van der Waals surface area contributed by atoms with Crippen molar-refractivity contribution in [2.45, 2.75) is 38.8 Å². The van der Waals surface area contributed by atoms with E-state index in [1.54, 1.807) is 0 Å². The van der Waals surface area contributed by atoms with E-state index in [1.807, 2.05) is 6.20 Å². The van der Waals surface area contributed by atoms with Gasteiger partial charge in [0.1, 0.15) is 0 Å².